The summed E-state index contributed by atoms with van der Waals surface area (Å²) < 4.78 is 27.4. The molecule has 5 nitrogen and oxygen atoms in total. The zero-order valence-corrected chi connectivity index (χ0v) is 12.1. The summed E-state index contributed by atoms with van der Waals surface area (Å²) in [6.07, 6.45) is 2.81. The van der Waals surface area contributed by atoms with Gasteiger partial charge in [-0.15, -0.1) is 0 Å². The van der Waals surface area contributed by atoms with E-state index in [1.54, 1.807) is 11.2 Å². The van der Waals surface area contributed by atoms with Crippen molar-refractivity contribution < 1.29 is 8.42 Å². The molecule has 1 atom stereocenters. The van der Waals surface area contributed by atoms with Crippen LogP contribution in [0.5, 0.6) is 0 Å². The van der Waals surface area contributed by atoms with Gasteiger partial charge < -0.3 is 4.57 Å². The molecule has 18 heavy (non-hydrogen) atoms. The quantitative estimate of drug-likeness (QED) is 0.826. The predicted octanol–water partition coefficient (Wildman–Crippen LogP) is 1.17. The molecule has 0 saturated carbocycles. The fourth-order valence-corrected chi connectivity index (χ4v) is 3.68. The van der Waals surface area contributed by atoms with Crippen LogP contribution in [0.15, 0.2) is 6.20 Å². The fraction of sp³-hybridized carbons (Fsp3) is 0.750. The summed E-state index contributed by atoms with van der Waals surface area (Å²) in [5.41, 5.74) is 1.14. The van der Waals surface area contributed by atoms with E-state index in [2.05, 4.69) is 9.55 Å². The van der Waals surface area contributed by atoms with Crippen molar-refractivity contribution in [1.82, 2.24) is 13.9 Å². The first-order valence-electron chi connectivity index (χ1n) is 6.40. The van der Waals surface area contributed by atoms with Crippen LogP contribution in [0.2, 0.25) is 0 Å². The van der Waals surface area contributed by atoms with E-state index in [0.717, 1.165) is 24.5 Å². The molecule has 0 spiro atoms. The molecule has 1 aromatic rings. The minimum atomic E-state index is -3.02. The molecule has 1 unspecified atom stereocenters. The van der Waals surface area contributed by atoms with Gasteiger partial charge in [0.15, 0.2) is 0 Å². The van der Waals surface area contributed by atoms with E-state index in [-0.39, 0.29) is 5.75 Å². The molecular formula is C12H21N3O2S. The van der Waals surface area contributed by atoms with Gasteiger partial charge in [-0.2, -0.15) is 0 Å². The zero-order chi connectivity index (χ0) is 13.3. The third kappa shape index (κ3) is 2.59. The molecule has 1 aliphatic heterocycles. The van der Waals surface area contributed by atoms with E-state index in [9.17, 15) is 8.42 Å². The highest BCUT2D eigenvalue weighted by molar-refractivity contribution is 7.89. The number of aryl methyl sites for hydroxylation is 2. The van der Waals surface area contributed by atoms with Crippen LogP contribution in [0.3, 0.4) is 0 Å². The molecule has 0 N–H and O–H groups in total. The zero-order valence-electron chi connectivity index (χ0n) is 11.3. The Kier molecular flexibility index (Phi) is 3.77. The average Bonchev–Trinajstić information content (AvgIpc) is 2.92. The Morgan fingerprint density at radius 1 is 1.44 bits per heavy atom. The lowest BCUT2D eigenvalue weighted by molar-refractivity contribution is 0.424. The summed E-state index contributed by atoms with van der Waals surface area (Å²) in [6.45, 7) is 7.90. The highest BCUT2D eigenvalue weighted by Gasteiger charge is 2.30. The molecule has 2 heterocycles. The maximum atomic E-state index is 11.8. The van der Waals surface area contributed by atoms with Gasteiger partial charge in [0.1, 0.15) is 5.82 Å². The summed E-state index contributed by atoms with van der Waals surface area (Å²) in [6, 6.07) is 0. The Bertz CT molecular complexity index is 502. The highest BCUT2D eigenvalue weighted by Crippen LogP contribution is 2.22. The second-order valence-corrected chi connectivity index (χ2v) is 7.23. The lowest BCUT2D eigenvalue weighted by atomic mass is 10.1. The minimum Gasteiger partial charge on any atom is -0.332 e. The first-order valence-corrected chi connectivity index (χ1v) is 8.01. The molecule has 0 bridgehead atoms. The summed E-state index contributed by atoms with van der Waals surface area (Å²) >= 11 is 0. The summed E-state index contributed by atoms with van der Waals surface area (Å²) in [5.74, 6) is 1.60. The van der Waals surface area contributed by atoms with Crippen LogP contribution in [0, 0.1) is 19.8 Å². The van der Waals surface area contributed by atoms with Crippen LogP contribution < -0.4 is 0 Å². The second-order valence-electron chi connectivity index (χ2n) is 4.97. The molecule has 0 aromatic carbocycles. The Labute approximate surface area is 109 Å². The lowest BCUT2D eigenvalue weighted by Crippen LogP contribution is -2.30. The van der Waals surface area contributed by atoms with Crippen molar-refractivity contribution in [3.63, 3.8) is 0 Å². The van der Waals surface area contributed by atoms with Crippen LogP contribution in [-0.4, -0.2) is 41.1 Å². The minimum absolute atomic E-state index is 0.197. The van der Waals surface area contributed by atoms with Gasteiger partial charge in [0.25, 0.3) is 0 Å². The average molecular weight is 271 g/mol. The molecule has 0 amide bonds. The molecule has 2 rings (SSSR count). The van der Waals surface area contributed by atoms with Crippen molar-refractivity contribution in [1.29, 1.82) is 0 Å². The van der Waals surface area contributed by atoms with Gasteiger partial charge in [-0.1, -0.05) is 0 Å². The fourth-order valence-electron chi connectivity index (χ4n) is 2.50. The van der Waals surface area contributed by atoms with Crippen molar-refractivity contribution in [2.45, 2.75) is 33.7 Å². The smallest absolute Gasteiger partial charge is 0.213 e. The second kappa shape index (κ2) is 5.01. The Balaban J connectivity index is 2.03. The van der Waals surface area contributed by atoms with Crippen molar-refractivity contribution >= 4 is 10.0 Å². The van der Waals surface area contributed by atoms with Crippen molar-refractivity contribution in [3.05, 3.63) is 17.7 Å². The molecule has 1 aromatic heterocycles. The SMILES string of the molecule is CCS(=O)(=O)N1CCC(Cn2c(C)cnc2C)C1. The lowest BCUT2D eigenvalue weighted by Gasteiger charge is -2.16. The topological polar surface area (TPSA) is 55.2 Å². The summed E-state index contributed by atoms with van der Waals surface area (Å²) in [4.78, 5) is 4.27. The first kappa shape index (κ1) is 13.5. The monoisotopic (exact) mass is 271 g/mol. The van der Waals surface area contributed by atoms with Crippen LogP contribution in [0.1, 0.15) is 24.9 Å². The molecule has 102 valence electrons. The molecule has 0 aliphatic carbocycles. The van der Waals surface area contributed by atoms with Crippen LogP contribution in [-0.2, 0) is 16.6 Å². The van der Waals surface area contributed by atoms with Gasteiger partial charge in [0.05, 0.1) is 5.75 Å². The Hall–Kier alpha value is -0.880. The molecular weight excluding hydrogens is 250 g/mol. The number of imidazole rings is 1. The van der Waals surface area contributed by atoms with Crippen LogP contribution >= 0.6 is 0 Å². The van der Waals surface area contributed by atoms with Crippen molar-refractivity contribution in [3.8, 4) is 0 Å². The van der Waals surface area contributed by atoms with Gasteiger partial charge >= 0.3 is 0 Å². The van der Waals surface area contributed by atoms with E-state index in [4.69, 9.17) is 0 Å². The number of hydrogen-bond acceptors (Lipinski definition) is 3. The third-order valence-corrected chi connectivity index (χ3v) is 5.55. The van der Waals surface area contributed by atoms with E-state index in [1.165, 1.54) is 0 Å². The number of aromatic nitrogens is 2. The Morgan fingerprint density at radius 3 is 2.72 bits per heavy atom. The number of nitrogens with zero attached hydrogens (tertiary/aromatic N) is 3. The van der Waals surface area contributed by atoms with E-state index in [1.807, 2.05) is 20.0 Å². The van der Waals surface area contributed by atoms with Gasteiger partial charge in [-0.3, -0.25) is 0 Å². The maximum absolute atomic E-state index is 11.8. The van der Waals surface area contributed by atoms with Crippen LogP contribution in [0.25, 0.3) is 0 Å². The summed E-state index contributed by atoms with van der Waals surface area (Å²) in [5, 5.41) is 0. The largest absolute Gasteiger partial charge is 0.332 e. The standard InChI is InChI=1S/C12H21N3O2S/c1-4-18(16,17)14-6-5-12(8-14)9-15-10(2)7-13-11(15)3/h7,12H,4-6,8-9H2,1-3H3. The molecule has 1 aliphatic rings. The predicted molar refractivity (Wildman–Crippen MR) is 70.8 cm³/mol. The summed E-state index contributed by atoms with van der Waals surface area (Å²) in [7, 11) is -3.02. The van der Waals surface area contributed by atoms with Gasteiger partial charge in [0.2, 0.25) is 10.0 Å². The van der Waals surface area contributed by atoms with Gasteiger partial charge in [-0.25, -0.2) is 17.7 Å². The maximum Gasteiger partial charge on any atom is 0.213 e. The van der Waals surface area contributed by atoms with Gasteiger partial charge in [-0.05, 0) is 33.1 Å². The number of sulfonamides is 1. The molecule has 1 fully saturated rings. The Morgan fingerprint density at radius 2 is 2.17 bits per heavy atom. The normalized spacial score (nSPS) is 21.6. The molecule has 6 heteroatoms. The van der Waals surface area contributed by atoms with E-state index < -0.39 is 10.0 Å². The van der Waals surface area contributed by atoms with E-state index >= 15 is 0 Å². The molecule has 0 radical (unpaired) electrons. The van der Waals surface area contributed by atoms with Crippen molar-refractivity contribution in [2.24, 2.45) is 5.92 Å². The third-order valence-electron chi connectivity index (χ3n) is 3.70. The highest BCUT2D eigenvalue weighted by atomic mass is 32.2. The van der Waals surface area contributed by atoms with Crippen LogP contribution in [0.4, 0.5) is 0 Å². The van der Waals surface area contributed by atoms with Crippen molar-refractivity contribution in [2.75, 3.05) is 18.8 Å². The van der Waals surface area contributed by atoms with Gasteiger partial charge in [0, 0.05) is 31.5 Å². The number of rotatable bonds is 4. The number of hydrogen-bond donors (Lipinski definition) is 0. The van der Waals surface area contributed by atoms with E-state index in [0.29, 0.717) is 19.0 Å². The molecule has 1 saturated heterocycles. The first-order chi connectivity index (χ1) is 8.44.